The lowest BCUT2D eigenvalue weighted by Gasteiger charge is -2.38. The predicted octanol–water partition coefficient (Wildman–Crippen LogP) is 2.52. The molecule has 1 fully saturated rings. The molecule has 0 bridgehead atoms. The average molecular weight is 347 g/mol. The molecule has 136 valence electrons. The monoisotopic (exact) mass is 347 g/mol. The Morgan fingerprint density at radius 3 is 2.24 bits per heavy atom. The lowest BCUT2D eigenvalue weighted by Crippen LogP contribution is -2.45. The molecule has 1 amide bonds. The van der Waals surface area contributed by atoms with Gasteiger partial charge in [0.2, 0.25) is 0 Å². The van der Waals surface area contributed by atoms with Crippen LogP contribution in [0.2, 0.25) is 0 Å². The minimum Gasteiger partial charge on any atom is -0.469 e. The van der Waals surface area contributed by atoms with Crippen LogP contribution in [0, 0.1) is 11.8 Å². The van der Waals surface area contributed by atoms with Crippen molar-refractivity contribution in [2.75, 3.05) is 21.3 Å². The molecule has 0 N–H and O–H groups in total. The van der Waals surface area contributed by atoms with Gasteiger partial charge in [-0.05, 0) is 37.3 Å². The van der Waals surface area contributed by atoms with Gasteiger partial charge < -0.3 is 14.4 Å². The third-order valence-corrected chi connectivity index (χ3v) is 5.04. The van der Waals surface area contributed by atoms with Crippen LogP contribution in [0.5, 0.6) is 0 Å². The minimum absolute atomic E-state index is 0.0131. The predicted molar refractivity (Wildman–Crippen MR) is 92.2 cm³/mol. The summed E-state index contributed by atoms with van der Waals surface area (Å²) >= 11 is 0. The van der Waals surface area contributed by atoms with E-state index in [9.17, 15) is 14.4 Å². The van der Waals surface area contributed by atoms with Crippen molar-refractivity contribution in [1.82, 2.24) is 4.90 Å². The molecule has 1 aromatic rings. The molecule has 0 saturated heterocycles. The van der Waals surface area contributed by atoms with Gasteiger partial charge in [0.25, 0.3) is 5.91 Å². The van der Waals surface area contributed by atoms with Gasteiger partial charge in [-0.2, -0.15) is 0 Å². The van der Waals surface area contributed by atoms with Gasteiger partial charge in [0.15, 0.2) is 0 Å². The van der Waals surface area contributed by atoms with Crippen molar-refractivity contribution < 1.29 is 23.9 Å². The van der Waals surface area contributed by atoms with E-state index < -0.39 is 5.97 Å². The first kappa shape index (κ1) is 19.0. The molecule has 2 rings (SSSR count). The zero-order chi connectivity index (χ0) is 18.6. The zero-order valence-electron chi connectivity index (χ0n) is 15.2. The molecule has 0 aliphatic heterocycles. The summed E-state index contributed by atoms with van der Waals surface area (Å²) in [6.07, 6.45) is 2.11. The van der Waals surface area contributed by atoms with Crippen LogP contribution in [0.15, 0.2) is 24.3 Å². The number of methoxy groups -OCH3 is 2. The van der Waals surface area contributed by atoms with E-state index in [4.69, 9.17) is 9.47 Å². The second-order valence-corrected chi connectivity index (χ2v) is 6.53. The molecular formula is C19H25NO5. The molecule has 6 heteroatoms. The van der Waals surface area contributed by atoms with Gasteiger partial charge in [-0.1, -0.05) is 19.1 Å². The Morgan fingerprint density at radius 2 is 1.68 bits per heavy atom. The molecule has 1 aliphatic carbocycles. The molecule has 1 saturated carbocycles. The van der Waals surface area contributed by atoms with Crippen molar-refractivity contribution >= 4 is 17.8 Å². The normalized spacial score (nSPS) is 22.8. The van der Waals surface area contributed by atoms with Gasteiger partial charge in [0.1, 0.15) is 0 Å². The van der Waals surface area contributed by atoms with Crippen LogP contribution in [0.3, 0.4) is 0 Å². The Balaban J connectivity index is 2.16. The van der Waals surface area contributed by atoms with E-state index in [1.54, 1.807) is 36.2 Å². The minimum atomic E-state index is -0.528. The zero-order valence-corrected chi connectivity index (χ0v) is 15.2. The lowest BCUT2D eigenvalue weighted by molar-refractivity contribution is -0.147. The molecule has 0 spiro atoms. The standard InChI is InChI=1S/C19H25NO5/c1-12-11-13(18(22)24-3)9-10-16(12)20(2)17(21)14-7-5-6-8-15(14)19(23)25-4/h5-8,12-13,16H,9-11H2,1-4H3. The highest BCUT2D eigenvalue weighted by Gasteiger charge is 2.36. The van der Waals surface area contributed by atoms with E-state index in [0.29, 0.717) is 18.4 Å². The summed E-state index contributed by atoms with van der Waals surface area (Å²) in [7, 11) is 4.44. The first-order chi connectivity index (χ1) is 11.9. The third-order valence-electron chi connectivity index (χ3n) is 5.04. The molecule has 3 atom stereocenters. The Labute approximate surface area is 148 Å². The van der Waals surface area contributed by atoms with Crippen LogP contribution >= 0.6 is 0 Å². The second kappa shape index (κ2) is 8.14. The molecule has 0 aromatic heterocycles. The van der Waals surface area contributed by atoms with Crippen molar-refractivity contribution in [3.8, 4) is 0 Å². The van der Waals surface area contributed by atoms with Gasteiger partial charge in [0, 0.05) is 13.1 Å². The number of esters is 2. The van der Waals surface area contributed by atoms with E-state index in [-0.39, 0.29) is 35.3 Å². The Hall–Kier alpha value is -2.37. The highest BCUT2D eigenvalue weighted by molar-refractivity contribution is 6.05. The lowest BCUT2D eigenvalue weighted by atomic mass is 9.78. The number of hydrogen-bond acceptors (Lipinski definition) is 5. The second-order valence-electron chi connectivity index (χ2n) is 6.53. The van der Waals surface area contributed by atoms with Gasteiger partial charge >= 0.3 is 11.9 Å². The quantitative estimate of drug-likeness (QED) is 0.783. The van der Waals surface area contributed by atoms with E-state index in [1.165, 1.54) is 14.2 Å². The summed E-state index contributed by atoms with van der Waals surface area (Å²) in [5, 5.41) is 0. The van der Waals surface area contributed by atoms with Crippen molar-refractivity contribution in [1.29, 1.82) is 0 Å². The molecule has 6 nitrogen and oxygen atoms in total. The largest absolute Gasteiger partial charge is 0.469 e. The number of nitrogens with zero attached hydrogens (tertiary/aromatic N) is 1. The van der Waals surface area contributed by atoms with Crippen LogP contribution in [0.1, 0.15) is 46.9 Å². The van der Waals surface area contributed by atoms with Crippen molar-refractivity contribution in [2.24, 2.45) is 11.8 Å². The Morgan fingerprint density at radius 1 is 1.04 bits per heavy atom. The summed E-state index contributed by atoms with van der Waals surface area (Å²) in [6.45, 7) is 2.04. The number of benzene rings is 1. The van der Waals surface area contributed by atoms with Crippen LogP contribution in [-0.2, 0) is 14.3 Å². The van der Waals surface area contributed by atoms with Crippen molar-refractivity contribution in [3.63, 3.8) is 0 Å². The van der Waals surface area contributed by atoms with Gasteiger partial charge in [-0.3, -0.25) is 9.59 Å². The van der Waals surface area contributed by atoms with Crippen LogP contribution in [0.4, 0.5) is 0 Å². The van der Waals surface area contributed by atoms with Gasteiger partial charge in [-0.15, -0.1) is 0 Å². The summed E-state index contributed by atoms with van der Waals surface area (Å²) in [4.78, 5) is 38.3. The molecule has 3 unspecified atom stereocenters. The topological polar surface area (TPSA) is 72.9 Å². The van der Waals surface area contributed by atoms with E-state index >= 15 is 0 Å². The maximum absolute atomic E-state index is 12.9. The molecule has 25 heavy (non-hydrogen) atoms. The molecular weight excluding hydrogens is 322 g/mol. The number of amides is 1. The molecule has 0 radical (unpaired) electrons. The summed E-state index contributed by atoms with van der Waals surface area (Å²) in [5.74, 6) is -0.872. The highest BCUT2D eigenvalue weighted by Crippen LogP contribution is 2.33. The van der Waals surface area contributed by atoms with Crippen molar-refractivity contribution in [3.05, 3.63) is 35.4 Å². The average Bonchev–Trinajstić information content (AvgIpc) is 2.65. The van der Waals surface area contributed by atoms with Crippen LogP contribution < -0.4 is 0 Å². The first-order valence-electron chi connectivity index (χ1n) is 8.43. The fraction of sp³-hybridized carbons (Fsp3) is 0.526. The Kier molecular flexibility index (Phi) is 6.17. The van der Waals surface area contributed by atoms with Crippen LogP contribution in [0.25, 0.3) is 0 Å². The summed E-state index contributed by atoms with van der Waals surface area (Å²) in [5.41, 5.74) is 0.594. The molecule has 1 aliphatic rings. The fourth-order valence-corrected chi connectivity index (χ4v) is 3.63. The SMILES string of the molecule is COC(=O)c1ccccc1C(=O)N(C)C1CCC(C(=O)OC)CC1C. The first-order valence-corrected chi connectivity index (χ1v) is 8.43. The maximum Gasteiger partial charge on any atom is 0.338 e. The molecule has 1 aromatic carbocycles. The van der Waals surface area contributed by atoms with E-state index in [1.807, 2.05) is 6.92 Å². The number of ether oxygens (including phenoxy) is 2. The van der Waals surface area contributed by atoms with E-state index in [2.05, 4.69) is 0 Å². The third kappa shape index (κ3) is 4.00. The van der Waals surface area contributed by atoms with Gasteiger partial charge in [0.05, 0.1) is 31.3 Å². The highest BCUT2D eigenvalue weighted by atomic mass is 16.5. The number of carbonyl (C=O) groups is 3. The maximum atomic E-state index is 12.9. The summed E-state index contributed by atoms with van der Waals surface area (Å²) < 4.78 is 9.60. The van der Waals surface area contributed by atoms with E-state index in [0.717, 1.165) is 6.42 Å². The summed E-state index contributed by atoms with van der Waals surface area (Å²) in [6, 6.07) is 6.66. The molecule has 0 heterocycles. The number of hydrogen-bond donors (Lipinski definition) is 0. The van der Waals surface area contributed by atoms with Crippen LogP contribution in [-0.4, -0.2) is 50.1 Å². The number of carbonyl (C=O) groups excluding carboxylic acids is 3. The fourth-order valence-electron chi connectivity index (χ4n) is 3.63. The smallest absolute Gasteiger partial charge is 0.338 e. The van der Waals surface area contributed by atoms with Crippen molar-refractivity contribution in [2.45, 2.75) is 32.2 Å². The Bertz CT molecular complexity index is 657. The van der Waals surface area contributed by atoms with Gasteiger partial charge in [-0.25, -0.2) is 4.79 Å². The number of rotatable bonds is 4.